The van der Waals surface area contributed by atoms with Gasteiger partial charge in [-0.15, -0.1) is 0 Å². The Morgan fingerprint density at radius 2 is 1.62 bits per heavy atom. The fraction of sp³-hybridized carbons (Fsp3) is 0.524. The number of hydrogen-bond acceptors (Lipinski definition) is 4. The fourth-order valence-electron chi connectivity index (χ4n) is 3.23. The van der Waals surface area contributed by atoms with Gasteiger partial charge in [0.15, 0.2) is 6.10 Å². The predicted molar refractivity (Wildman–Crippen MR) is 102 cm³/mol. The zero-order valence-corrected chi connectivity index (χ0v) is 16.8. The van der Waals surface area contributed by atoms with Crippen LogP contribution in [0.1, 0.15) is 51.3 Å². The number of ether oxygens (including phenoxy) is 1. The highest BCUT2D eigenvalue weighted by Gasteiger charge is 2.27. The molecular formula is C21H29NO4. The third kappa shape index (κ3) is 4.26. The van der Waals surface area contributed by atoms with Gasteiger partial charge in [-0.25, -0.2) is 0 Å². The molecule has 0 aliphatic carbocycles. The van der Waals surface area contributed by atoms with E-state index in [-0.39, 0.29) is 24.4 Å². The summed E-state index contributed by atoms with van der Waals surface area (Å²) in [5.74, 6) is -0.605. The first-order chi connectivity index (χ1) is 12.1. The van der Waals surface area contributed by atoms with Gasteiger partial charge in [-0.3, -0.25) is 9.59 Å². The number of esters is 1. The van der Waals surface area contributed by atoms with Crippen LogP contribution in [0, 0.1) is 13.8 Å². The summed E-state index contributed by atoms with van der Waals surface area (Å²) < 4.78 is 11.0. The molecule has 1 atom stereocenters. The largest absolute Gasteiger partial charge is 0.464 e. The lowest BCUT2D eigenvalue weighted by molar-refractivity contribution is -0.160. The molecule has 2 aromatic rings. The zero-order valence-electron chi connectivity index (χ0n) is 16.8. The lowest BCUT2D eigenvalue weighted by Gasteiger charge is -2.32. The number of rotatable bonds is 6. The summed E-state index contributed by atoms with van der Waals surface area (Å²) in [5, 5.41) is 0.912. The molecule has 2 rings (SSSR count). The van der Waals surface area contributed by atoms with Crippen molar-refractivity contribution in [1.29, 1.82) is 0 Å². The van der Waals surface area contributed by atoms with E-state index in [1.807, 2.05) is 53.7 Å². The van der Waals surface area contributed by atoms with Crippen molar-refractivity contribution in [3.63, 3.8) is 0 Å². The lowest BCUT2D eigenvalue weighted by atomic mass is 10.0. The predicted octanol–water partition coefficient (Wildman–Crippen LogP) is 4.17. The molecule has 142 valence electrons. The van der Waals surface area contributed by atoms with Crippen LogP contribution in [-0.4, -0.2) is 35.0 Å². The summed E-state index contributed by atoms with van der Waals surface area (Å²) in [6.07, 6.45) is 0.858. The number of carbonyl (C=O) groups is 2. The second-order valence-electron chi connectivity index (χ2n) is 7.44. The summed E-state index contributed by atoms with van der Waals surface area (Å²) in [6, 6.07) is 4.08. The van der Waals surface area contributed by atoms with E-state index in [9.17, 15) is 9.59 Å². The van der Waals surface area contributed by atoms with Crippen LogP contribution in [0.5, 0.6) is 0 Å². The Bertz CT molecular complexity index is 796. The summed E-state index contributed by atoms with van der Waals surface area (Å²) >= 11 is 0. The van der Waals surface area contributed by atoms with Crippen LogP contribution in [0.3, 0.4) is 0 Å². The first-order valence-corrected chi connectivity index (χ1v) is 9.10. The van der Waals surface area contributed by atoms with Gasteiger partial charge < -0.3 is 14.1 Å². The van der Waals surface area contributed by atoms with Crippen molar-refractivity contribution in [3.05, 3.63) is 35.1 Å². The lowest BCUT2D eigenvalue weighted by Crippen LogP contribution is -2.47. The van der Waals surface area contributed by atoms with Crippen LogP contribution in [0.2, 0.25) is 0 Å². The van der Waals surface area contributed by atoms with Crippen LogP contribution >= 0.6 is 0 Å². The Morgan fingerprint density at radius 1 is 1.04 bits per heavy atom. The number of amides is 1. The van der Waals surface area contributed by atoms with E-state index in [4.69, 9.17) is 9.15 Å². The molecule has 1 amide bonds. The Morgan fingerprint density at radius 3 is 2.19 bits per heavy atom. The molecule has 1 aromatic carbocycles. The molecule has 0 aliphatic heterocycles. The maximum atomic E-state index is 12.6. The van der Waals surface area contributed by atoms with Crippen molar-refractivity contribution in [2.75, 3.05) is 0 Å². The Labute approximate surface area is 155 Å². The first kappa shape index (κ1) is 20.0. The van der Waals surface area contributed by atoms with Gasteiger partial charge in [0.25, 0.3) is 5.91 Å². The molecule has 0 radical (unpaired) electrons. The van der Waals surface area contributed by atoms with E-state index in [1.54, 1.807) is 18.1 Å². The van der Waals surface area contributed by atoms with E-state index >= 15 is 0 Å². The van der Waals surface area contributed by atoms with Crippen molar-refractivity contribution in [1.82, 2.24) is 4.90 Å². The molecule has 0 fully saturated rings. The molecule has 0 saturated carbocycles. The van der Waals surface area contributed by atoms with Gasteiger partial charge in [0.1, 0.15) is 5.58 Å². The highest BCUT2D eigenvalue weighted by atomic mass is 16.5. The minimum Gasteiger partial charge on any atom is -0.464 e. The second kappa shape index (κ2) is 7.94. The number of fused-ring (bicyclic) bond motifs is 1. The highest BCUT2D eigenvalue weighted by Crippen LogP contribution is 2.25. The van der Waals surface area contributed by atoms with Crippen LogP contribution in [-0.2, 0) is 20.7 Å². The van der Waals surface area contributed by atoms with E-state index < -0.39 is 12.1 Å². The summed E-state index contributed by atoms with van der Waals surface area (Å²) in [5.41, 5.74) is 3.81. The molecule has 0 bridgehead atoms. The average molecular weight is 359 g/mol. The smallest absolute Gasteiger partial charge is 0.311 e. The highest BCUT2D eigenvalue weighted by molar-refractivity contribution is 5.88. The Hall–Kier alpha value is -2.30. The van der Waals surface area contributed by atoms with Gasteiger partial charge in [0, 0.05) is 23.0 Å². The number of aryl methyl sites for hydroxylation is 2. The molecule has 0 spiro atoms. The summed E-state index contributed by atoms with van der Waals surface area (Å²) in [4.78, 5) is 26.7. The molecule has 5 nitrogen and oxygen atoms in total. The van der Waals surface area contributed by atoms with Crippen molar-refractivity contribution in [3.8, 4) is 0 Å². The second-order valence-corrected chi connectivity index (χ2v) is 7.44. The molecule has 0 aliphatic rings. The zero-order chi connectivity index (χ0) is 19.6. The maximum Gasteiger partial charge on any atom is 0.311 e. The van der Waals surface area contributed by atoms with E-state index in [1.165, 1.54) is 0 Å². The van der Waals surface area contributed by atoms with Gasteiger partial charge in [0.05, 0.1) is 12.7 Å². The number of nitrogens with zero attached hydrogens (tertiary/aromatic N) is 1. The minimum atomic E-state index is -0.811. The van der Waals surface area contributed by atoms with Gasteiger partial charge in [-0.1, -0.05) is 0 Å². The van der Waals surface area contributed by atoms with Gasteiger partial charge in [-0.05, 0) is 71.7 Å². The Balaban J connectivity index is 2.09. The molecule has 1 heterocycles. The minimum absolute atomic E-state index is 0.0488. The number of furan rings is 1. The first-order valence-electron chi connectivity index (χ1n) is 9.10. The Kier molecular flexibility index (Phi) is 6.11. The van der Waals surface area contributed by atoms with Gasteiger partial charge in [-0.2, -0.15) is 0 Å². The number of benzene rings is 1. The van der Waals surface area contributed by atoms with Crippen molar-refractivity contribution >= 4 is 22.8 Å². The molecule has 5 heteroatoms. The summed E-state index contributed by atoms with van der Waals surface area (Å²) in [7, 11) is 0. The van der Waals surface area contributed by atoms with E-state index in [0.29, 0.717) is 0 Å². The van der Waals surface area contributed by atoms with Gasteiger partial charge >= 0.3 is 5.97 Å². The normalized spacial score (nSPS) is 12.7. The molecule has 1 aromatic heterocycles. The molecule has 0 N–H and O–H groups in total. The third-order valence-corrected chi connectivity index (χ3v) is 4.63. The van der Waals surface area contributed by atoms with Crippen molar-refractivity contribution in [2.24, 2.45) is 0 Å². The van der Waals surface area contributed by atoms with Gasteiger partial charge in [0.2, 0.25) is 0 Å². The third-order valence-electron chi connectivity index (χ3n) is 4.63. The van der Waals surface area contributed by atoms with Crippen molar-refractivity contribution in [2.45, 2.75) is 73.1 Å². The number of hydrogen-bond donors (Lipinski definition) is 0. The van der Waals surface area contributed by atoms with Crippen LogP contribution < -0.4 is 0 Å². The number of carbonyl (C=O) groups excluding carboxylic acids is 2. The fourth-order valence-corrected chi connectivity index (χ4v) is 3.23. The quantitative estimate of drug-likeness (QED) is 0.726. The molecule has 1 unspecified atom stereocenters. The molecule has 26 heavy (non-hydrogen) atoms. The average Bonchev–Trinajstić information content (AvgIpc) is 2.88. The van der Waals surface area contributed by atoms with Crippen molar-refractivity contribution < 1.29 is 18.7 Å². The monoisotopic (exact) mass is 359 g/mol. The van der Waals surface area contributed by atoms with Crippen LogP contribution in [0.15, 0.2) is 22.8 Å². The maximum absolute atomic E-state index is 12.6. The molecular weight excluding hydrogens is 330 g/mol. The van der Waals surface area contributed by atoms with E-state index in [0.717, 1.165) is 27.7 Å². The topological polar surface area (TPSA) is 59.8 Å². The molecule has 0 saturated heterocycles. The summed E-state index contributed by atoms with van der Waals surface area (Å²) in [6.45, 7) is 13.5. The SMILES string of the molecule is Cc1cc2occ(CC(=O)OC(C)C(=O)N(C(C)C)C(C)C)c2cc1C. The van der Waals surface area contributed by atoms with E-state index in [2.05, 4.69) is 0 Å². The van der Waals surface area contributed by atoms with Crippen LogP contribution in [0.4, 0.5) is 0 Å². The standard InChI is InChI=1S/C21H29NO4/c1-12(2)22(13(3)4)21(24)16(7)26-20(23)10-17-11-25-19-9-15(6)14(5)8-18(17)19/h8-9,11-13,16H,10H2,1-7H3. The van der Waals surface area contributed by atoms with Crippen LogP contribution in [0.25, 0.3) is 11.0 Å².